The van der Waals surface area contributed by atoms with Crippen LogP contribution >= 0.6 is 35.2 Å². The number of amides is 2. The first-order chi connectivity index (χ1) is 26.1. The Labute approximate surface area is 322 Å². The van der Waals surface area contributed by atoms with Crippen LogP contribution in [-0.4, -0.2) is 109 Å². The highest BCUT2D eigenvalue weighted by Crippen LogP contribution is 2.56. The highest BCUT2D eigenvalue weighted by molar-refractivity contribution is 8.13. The monoisotopic (exact) mass is 873 g/mol. The predicted molar refractivity (Wildman–Crippen MR) is 183 cm³/mol. The number of allylic oxidation sites excluding steroid dienone is 2. The SMILES string of the molecule is CC(C)(COP(=O)([O-])OP(=O)([O-])OC[C@H]1O[C@@H](n2cnc3c(N)ncnc32)[C@H](O)[C@@H]1OP(=O)([O-])[O-])[C@@H](O)C(=O)NCCC(=O)NCCSC(=O)C/C=C\CC=O. The maximum absolute atomic E-state index is 12.5. The second kappa shape index (κ2) is 20.6. The molecule has 0 bridgehead atoms. The molecule has 1 saturated heterocycles. The molecule has 3 heterocycles. The molecule has 1 aliphatic heterocycles. The van der Waals surface area contributed by atoms with Gasteiger partial charge in [-0.3, -0.25) is 28.1 Å². The van der Waals surface area contributed by atoms with E-state index in [2.05, 4.69) is 43.5 Å². The van der Waals surface area contributed by atoms with Gasteiger partial charge in [-0.1, -0.05) is 37.8 Å². The van der Waals surface area contributed by atoms with Crippen molar-refractivity contribution < 1.29 is 85.3 Å². The molecule has 1 fully saturated rings. The lowest BCUT2D eigenvalue weighted by Gasteiger charge is -2.36. The van der Waals surface area contributed by atoms with Gasteiger partial charge in [-0.05, 0) is 0 Å². The van der Waals surface area contributed by atoms with E-state index in [1.54, 1.807) is 12.2 Å². The third-order valence-corrected chi connectivity index (χ3v) is 11.3. The van der Waals surface area contributed by atoms with Crippen LogP contribution in [0.1, 0.15) is 39.3 Å². The number of aliphatic hydroxyl groups excluding tert-OH is 2. The van der Waals surface area contributed by atoms with Crippen LogP contribution < -0.4 is 35.9 Å². The number of nitrogens with one attached hydrogen (secondary N) is 2. The fraction of sp³-hybridized carbons (Fsp3) is 0.593. The van der Waals surface area contributed by atoms with Gasteiger partial charge in [0, 0.05) is 43.5 Å². The van der Waals surface area contributed by atoms with Gasteiger partial charge in [0.05, 0.1) is 27.4 Å². The zero-order chi connectivity index (χ0) is 41.9. The summed E-state index contributed by atoms with van der Waals surface area (Å²) in [7, 11) is -17.6. The summed E-state index contributed by atoms with van der Waals surface area (Å²) < 4.78 is 60.4. The van der Waals surface area contributed by atoms with Crippen molar-refractivity contribution in [3.05, 3.63) is 24.8 Å². The van der Waals surface area contributed by atoms with E-state index in [1.165, 1.54) is 13.8 Å². The maximum Gasteiger partial charge on any atom is 0.274 e. The van der Waals surface area contributed by atoms with Crippen LogP contribution in [0.3, 0.4) is 0 Å². The molecule has 6 N–H and O–H groups in total. The van der Waals surface area contributed by atoms with Gasteiger partial charge in [-0.15, -0.1) is 0 Å². The summed E-state index contributed by atoms with van der Waals surface area (Å²) in [5.74, 6) is -1.34. The van der Waals surface area contributed by atoms with Crippen molar-refractivity contribution in [2.24, 2.45) is 5.41 Å². The number of carbonyl (C=O) groups excluding carboxylic acids is 4. The molecule has 0 saturated carbocycles. The quantitative estimate of drug-likeness (QED) is 0.0315. The third-order valence-electron chi connectivity index (χ3n) is 7.42. The van der Waals surface area contributed by atoms with Gasteiger partial charge in [0.1, 0.15) is 42.5 Å². The average Bonchev–Trinajstić information content (AvgIpc) is 3.66. The minimum atomic E-state index is -5.92. The average molecular weight is 874 g/mol. The van der Waals surface area contributed by atoms with Crippen LogP contribution in [0.4, 0.5) is 5.82 Å². The summed E-state index contributed by atoms with van der Waals surface area (Å²) in [5, 5.41) is 25.9. The normalized spacial score (nSPS) is 21.7. The number of aldehydes is 1. The molecule has 29 heteroatoms. The lowest BCUT2D eigenvalue weighted by atomic mass is 9.87. The first kappa shape index (κ1) is 47.3. The summed E-state index contributed by atoms with van der Waals surface area (Å²) in [6.07, 6.45) is -3.54. The maximum atomic E-state index is 12.5. The number of phosphoric ester groups is 3. The first-order valence-electron chi connectivity index (χ1n) is 16.1. The number of carbonyl (C=O) groups is 4. The Hall–Kier alpha value is -3.03. The molecule has 1 aliphatic rings. The van der Waals surface area contributed by atoms with E-state index in [-0.39, 0.29) is 60.2 Å². The van der Waals surface area contributed by atoms with E-state index in [0.29, 0.717) is 6.29 Å². The van der Waals surface area contributed by atoms with Gasteiger partial charge in [0.25, 0.3) is 15.6 Å². The minimum Gasteiger partial charge on any atom is -0.790 e. The van der Waals surface area contributed by atoms with Crippen molar-refractivity contribution in [1.29, 1.82) is 0 Å². The van der Waals surface area contributed by atoms with Gasteiger partial charge >= 0.3 is 0 Å². The first-order valence-corrected chi connectivity index (χ1v) is 21.5. The molecular weight excluding hydrogens is 835 g/mol. The fourth-order valence-electron chi connectivity index (χ4n) is 4.66. The number of phosphoric acid groups is 3. The van der Waals surface area contributed by atoms with Crippen LogP contribution in [0, 0.1) is 5.41 Å². The number of rotatable bonds is 23. The zero-order valence-electron chi connectivity index (χ0n) is 29.5. The molecule has 0 aromatic carbocycles. The molecule has 0 aliphatic carbocycles. The van der Waals surface area contributed by atoms with Crippen molar-refractivity contribution >= 4 is 75.4 Å². The number of hydrogen-bond donors (Lipinski definition) is 5. The van der Waals surface area contributed by atoms with Crippen LogP contribution in [0.25, 0.3) is 11.2 Å². The molecule has 0 radical (unpaired) electrons. The Balaban J connectivity index is 1.48. The largest absolute Gasteiger partial charge is 0.790 e. The Morgan fingerprint density at radius 2 is 1.79 bits per heavy atom. The molecule has 2 aromatic heterocycles. The number of aromatic nitrogens is 4. The number of aliphatic hydroxyl groups is 2. The summed E-state index contributed by atoms with van der Waals surface area (Å²) in [6.45, 7) is -0.0290. The minimum absolute atomic E-state index is 0.0271. The van der Waals surface area contributed by atoms with Crippen molar-refractivity contribution in [3.8, 4) is 0 Å². The number of ether oxygens (including phenoxy) is 1. The second-order valence-corrected chi connectivity index (χ2v) is 17.5. The predicted octanol–water partition coefficient (Wildman–Crippen LogP) is -3.33. The Kier molecular flexibility index (Phi) is 17.4. The Morgan fingerprint density at radius 3 is 2.46 bits per heavy atom. The van der Waals surface area contributed by atoms with Crippen LogP contribution in [-0.2, 0) is 55.5 Å². The summed E-state index contributed by atoms with van der Waals surface area (Å²) >= 11 is 0.977. The molecule has 3 rings (SSSR count). The number of nitrogens with two attached hydrogens (primary N) is 1. The van der Waals surface area contributed by atoms with Crippen LogP contribution in [0.5, 0.6) is 0 Å². The van der Waals surface area contributed by atoms with Crippen molar-refractivity contribution in [1.82, 2.24) is 30.2 Å². The van der Waals surface area contributed by atoms with Crippen molar-refractivity contribution in [2.45, 2.75) is 63.8 Å². The molecule has 2 unspecified atom stereocenters. The van der Waals surface area contributed by atoms with Crippen LogP contribution in [0.2, 0.25) is 0 Å². The number of hydrogen-bond acceptors (Lipinski definition) is 23. The molecule has 0 spiro atoms. The summed E-state index contributed by atoms with van der Waals surface area (Å²) in [6, 6.07) is 0. The van der Waals surface area contributed by atoms with Crippen LogP contribution in [0.15, 0.2) is 24.8 Å². The van der Waals surface area contributed by atoms with Gasteiger partial charge in [-0.25, -0.2) is 19.3 Å². The fourth-order valence-corrected chi connectivity index (χ4v) is 8.04. The molecule has 25 nitrogen and oxygen atoms in total. The highest BCUT2D eigenvalue weighted by atomic mass is 32.2. The van der Waals surface area contributed by atoms with E-state index in [1.807, 2.05) is 0 Å². The van der Waals surface area contributed by atoms with E-state index in [0.717, 1.165) is 29.0 Å². The third kappa shape index (κ3) is 14.7. The number of imidazole rings is 1. The topological polar surface area (TPSA) is 392 Å². The molecule has 2 amide bonds. The Bertz CT molecular complexity index is 1880. The number of anilines is 1. The standard InChI is InChI=1S/C27H42N7O18P3S/c1-27(2,22(39)25(40)30-8-7-17(36)29-9-11-56-18(37)6-4-3-5-10-35)13-49-55(46,47)52-54(44,45)48-12-16-21(51-53(41,42)43)20(38)26(50-16)34-15-33-19-23(28)31-14-32-24(19)34/h3-4,10,14-16,20-22,26,38-39H,5-9,11-13H2,1-2H3,(H,29,36)(H,30,40)(H,44,45)(H,46,47)(H2,28,31,32)(H2,41,42,43)/p-4/b4-3-/t16-,20-,21-,22+,26-/m1/s1. The van der Waals surface area contributed by atoms with Gasteiger partial charge in [0.2, 0.25) is 11.8 Å². The van der Waals surface area contributed by atoms with E-state index >= 15 is 0 Å². The van der Waals surface area contributed by atoms with E-state index in [4.69, 9.17) is 10.5 Å². The lowest BCUT2D eigenvalue weighted by molar-refractivity contribution is -0.347. The van der Waals surface area contributed by atoms with Crippen molar-refractivity contribution in [2.75, 3.05) is 37.8 Å². The Morgan fingerprint density at radius 1 is 1.09 bits per heavy atom. The van der Waals surface area contributed by atoms with Gasteiger partial charge in [-0.2, -0.15) is 0 Å². The van der Waals surface area contributed by atoms with Gasteiger partial charge < -0.3 is 73.8 Å². The number of nitrogen functional groups attached to an aromatic ring is 1. The molecule has 2 aromatic rings. The summed E-state index contributed by atoms with van der Waals surface area (Å²) in [4.78, 5) is 106. The van der Waals surface area contributed by atoms with Gasteiger partial charge in [0.15, 0.2) is 22.8 Å². The van der Waals surface area contributed by atoms with Crippen molar-refractivity contribution in [3.63, 3.8) is 0 Å². The highest BCUT2D eigenvalue weighted by Gasteiger charge is 2.47. The zero-order valence-corrected chi connectivity index (χ0v) is 33.0. The molecular formula is C27H38N7O18P3S-4. The molecule has 56 heavy (non-hydrogen) atoms. The lowest BCUT2D eigenvalue weighted by Crippen LogP contribution is -2.46. The number of nitrogens with zero attached hydrogens (tertiary/aromatic N) is 4. The second-order valence-electron chi connectivity index (χ2n) is 12.3. The smallest absolute Gasteiger partial charge is 0.274 e. The number of fused-ring (bicyclic) bond motifs is 1. The van der Waals surface area contributed by atoms with E-state index < -0.39 is 84.6 Å². The molecule has 7 atom stereocenters. The molecule has 314 valence electrons. The number of thioether (sulfide) groups is 1. The summed E-state index contributed by atoms with van der Waals surface area (Å²) in [5.41, 5.74) is 4.04. The van der Waals surface area contributed by atoms with E-state index in [9.17, 15) is 62.7 Å².